The van der Waals surface area contributed by atoms with Crippen LogP contribution in [-0.2, 0) is 16.8 Å². The van der Waals surface area contributed by atoms with Crippen molar-refractivity contribution >= 4 is 10.2 Å². The smallest absolute Gasteiger partial charge is 0.280 e. The molecule has 0 bridgehead atoms. The predicted molar refractivity (Wildman–Crippen MR) is 89.4 cm³/mol. The summed E-state index contributed by atoms with van der Waals surface area (Å²) < 4.78 is 29.6. The van der Waals surface area contributed by atoms with Crippen molar-refractivity contribution in [1.29, 1.82) is 0 Å². The van der Waals surface area contributed by atoms with Crippen molar-refractivity contribution in [3.05, 3.63) is 35.9 Å². The summed E-state index contributed by atoms with van der Waals surface area (Å²) in [4.78, 5) is 0. The molecule has 6 heteroatoms. The highest BCUT2D eigenvalue weighted by atomic mass is 32.2. The monoisotopic (exact) mass is 325 g/mol. The van der Waals surface area contributed by atoms with Gasteiger partial charge in [-0.1, -0.05) is 50.1 Å². The molecule has 1 aromatic carbocycles. The van der Waals surface area contributed by atoms with Crippen molar-refractivity contribution in [1.82, 2.24) is 9.03 Å². The highest BCUT2D eigenvalue weighted by Gasteiger charge is 2.30. The minimum atomic E-state index is -3.52. The Kier molecular flexibility index (Phi) is 6.37. The number of nitrogens with zero attached hydrogens (tertiary/aromatic N) is 1. The molecule has 0 spiro atoms. The third kappa shape index (κ3) is 4.52. The van der Waals surface area contributed by atoms with E-state index in [1.54, 1.807) is 0 Å². The van der Waals surface area contributed by atoms with Gasteiger partial charge in [-0.25, -0.2) is 0 Å². The first-order valence-electron chi connectivity index (χ1n) is 8.08. The number of hydrogen-bond acceptors (Lipinski definition) is 3. The highest BCUT2D eigenvalue weighted by molar-refractivity contribution is 7.87. The second-order valence-corrected chi connectivity index (χ2v) is 7.62. The molecule has 1 aromatic rings. The number of rotatable bonds is 8. The molecule has 0 aromatic heterocycles. The predicted octanol–water partition coefficient (Wildman–Crippen LogP) is 1.86. The minimum absolute atomic E-state index is 0.155. The molecule has 0 saturated heterocycles. The van der Waals surface area contributed by atoms with Crippen molar-refractivity contribution in [2.24, 2.45) is 11.7 Å². The van der Waals surface area contributed by atoms with Crippen LogP contribution in [-0.4, -0.2) is 31.9 Å². The van der Waals surface area contributed by atoms with Crippen LogP contribution in [0, 0.1) is 5.92 Å². The van der Waals surface area contributed by atoms with Crippen LogP contribution in [0.5, 0.6) is 0 Å². The summed E-state index contributed by atoms with van der Waals surface area (Å²) >= 11 is 0. The number of hydrogen-bond donors (Lipinski definition) is 2. The van der Waals surface area contributed by atoms with Crippen molar-refractivity contribution < 1.29 is 8.42 Å². The fourth-order valence-corrected chi connectivity index (χ4v) is 4.60. The highest BCUT2D eigenvalue weighted by Crippen LogP contribution is 2.28. The van der Waals surface area contributed by atoms with Crippen LogP contribution < -0.4 is 10.5 Å². The van der Waals surface area contributed by atoms with E-state index in [1.807, 2.05) is 37.3 Å². The Balaban J connectivity index is 2.05. The van der Waals surface area contributed by atoms with E-state index in [4.69, 9.17) is 5.73 Å². The van der Waals surface area contributed by atoms with Crippen molar-refractivity contribution in [3.63, 3.8) is 0 Å². The fraction of sp³-hybridized carbons (Fsp3) is 0.625. The van der Waals surface area contributed by atoms with E-state index < -0.39 is 10.2 Å². The van der Waals surface area contributed by atoms with E-state index in [1.165, 1.54) is 17.1 Å². The molecular formula is C16H27N3O2S. The fourth-order valence-electron chi connectivity index (χ4n) is 3.12. The largest absolute Gasteiger partial charge is 0.329 e. The topological polar surface area (TPSA) is 75.4 Å². The Morgan fingerprint density at radius 3 is 2.45 bits per heavy atom. The van der Waals surface area contributed by atoms with E-state index in [2.05, 4.69) is 4.72 Å². The molecule has 1 saturated carbocycles. The third-order valence-corrected chi connectivity index (χ3v) is 6.09. The summed E-state index contributed by atoms with van der Waals surface area (Å²) in [6.45, 7) is 3.03. The zero-order valence-corrected chi connectivity index (χ0v) is 14.1. The van der Waals surface area contributed by atoms with Gasteiger partial charge in [-0.15, -0.1) is 0 Å². The van der Waals surface area contributed by atoms with Gasteiger partial charge in [0, 0.05) is 25.7 Å². The van der Waals surface area contributed by atoms with E-state index >= 15 is 0 Å². The lowest BCUT2D eigenvalue weighted by atomic mass is 9.99. The van der Waals surface area contributed by atoms with Crippen LogP contribution in [0.2, 0.25) is 0 Å². The van der Waals surface area contributed by atoms with Crippen LogP contribution in [0.1, 0.15) is 38.2 Å². The Hall–Kier alpha value is -0.950. The van der Waals surface area contributed by atoms with E-state index in [0.717, 1.165) is 18.4 Å². The van der Waals surface area contributed by atoms with Crippen molar-refractivity contribution in [2.75, 3.05) is 13.1 Å². The van der Waals surface area contributed by atoms with E-state index in [-0.39, 0.29) is 6.04 Å². The molecule has 2 rings (SSSR count). The zero-order valence-electron chi connectivity index (χ0n) is 13.2. The SMILES string of the molecule is CCN(Cc1ccccc1)S(=O)(=O)NC(CN)C1CCCC1. The molecule has 1 aliphatic carbocycles. The van der Waals surface area contributed by atoms with Crippen molar-refractivity contribution in [3.8, 4) is 0 Å². The molecule has 1 aliphatic rings. The van der Waals surface area contributed by atoms with Gasteiger partial charge in [0.05, 0.1) is 0 Å². The maximum atomic E-state index is 12.7. The Morgan fingerprint density at radius 2 is 1.91 bits per heavy atom. The molecular weight excluding hydrogens is 298 g/mol. The van der Waals surface area contributed by atoms with Gasteiger partial charge >= 0.3 is 0 Å². The lowest BCUT2D eigenvalue weighted by Crippen LogP contribution is -2.50. The second kappa shape index (κ2) is 8.06. The van der Waals surface area contributed by atoms with Gasteiger partial charge in [0.1, 0.15) is 0 Å². The van der Waals surface area contributed by atoms with Crippen LogP contribution in [0.3, 0.4) is 0 Å². The maximum Gasteiger partial charge on any atom is 0.280 e. The lowest BCUT2D eigenvalue weighted by molar-refractivity contribution is 0.370. The van der Waals surface area contributed by atoms with E-state index in [0.29, 0.717) is 25.6 Å². The van der Waals surface area contributed by atoms with Gasteiger partial charge in [0.2, 0.25) is 0 Å². The quantitative estimate of drug-likeness (QED) is 0.766. The molecule has 5 nitrogen and oxygen atoms in total. The first-order valence-corrected chi connectivity index (χ1v) is 9.52. The van der Waals surface area contributed by atoms with Crippen LogP contribution in [0.25, 0.3) is 0 Å². The average molecular weight is 325 g/mol. The summed E-state index contributed by atoms with van der Waals surface area (Å²) in [5, 5.41) is 0. The molecule has 0 heterocycles. The lowest BCUT2D eigenvalue weighted by Gasteiger charge is -2.27. The first kappa shape index (κ1) is 17.4. The molecule has 0 aliphatic heterocycles. The molecule has 1 fully saturated rings. The number of nitrogens with two attached hydrogens (primary N) is 1. The van der Waals surface area contributed by atoms with Crippen molar-refractivity contribution in [2.45, 2.75) is 45.2 Å². The second-order valence-electron chi connectivity index (χ2n) is 5.92. The summed E-state index contributed by atoms with van der Waals surface area (Å²) in [5.74, 6) is 0.371. The van der Waals surface area contributed by atoms with Crippen LogP contribution in [0.15, 0.2) is 30.3 Å². The van der Waals surface area contributed by atoms with Gasteiger partial charge in [-0.2, -0.15) is 17.4 Å². The Bertz CT molecular complexity index is 542. The summed E-state index contributed by atoms with van der Waals surface area (Å²) in [5.41, 5.74) is 6.79. The molecule has 0 amide bonds. The zero-order chi connectivity index (χ0) is 16.0. The third-order valence-electron chi connectivity index (χ3n) is 4.42. The molecule has 124 valence electrons. The first-order chi connectivity index (χ1) is 10.6. The number of benzene rings is 1. The molecule has 1 atom stereocenters. The van der Waals surface area contributed by atoms with Gasteiger partial charge in [0.25, 0.3) is 10.2 Å². The maximum absolute atomic E-state index is 12.7. The molecule has 22 heavy (non-hydrogen) atoms. The molecule has 3 N–H and O–H groups in total. The van der Waals surface area contributed by atoms with Gasteiger partial charge < -0.3 is 5.73 Å². The standard InChI is InChI=1S/C16H27N3O2S/c1-2-19(13-14-8-4-3-5-9-14)22(20,21)18-16(12-17)15-10-6-7-11-15/h3-5,8-9,15-16,18H,2,6-7,10-13,17H2,1H3. The normalized spacial score (nSPS) is 18.0. The summed E-state index contributed by atoms with van der Waals surface area (Å²) in [7, 11) is -3.52. The van der Waals surface area contributed by atoms with Crippen LogP contribution in [0.4, 0.5) is 0 Å². The van der Waals surface area contributed by atoms with E-state index in [9.17, 15) is 8.42 Å². The van der Waals surface area contributed by atoms with Crippen LogP contribution >= 0.6 is 0 Å². The minimum Gasteiger partial charge on any atom is -0.329 e. The molecule has 0 radical (unpaired) electrons. The number of nitrogens with one attached hydrogen (secondary N) is 1. The van der Waals surface area contributed by atoms with Gasteiger partial charge in [-0.05, 0) is 24.3 Å². The Morgan fingerprint density at radius 1 is 1.27 bits per heavy atom. The Labute approximate surface area is 134 Å². The van der Waals surface area contributed by atoms with Gasteiger partial charge in [-0.3, -0.25) is 0 Å². The average Bonchev–Trinajstić information content (AvgIpc) is 3.05. The summed E-state index contributed by atoms with van der Waals surface area (Å²) in [6, 6.07) is 9.49. The summed E-state index contributed by atoms with van der Waals surface area (Å²) in [6.07, 6.45) is 4.47. The molecule has 1 unspecified atom stereocenters. The van der Waals surface area contributed by atoms with Gasteiger partial charge in [0.15, 0.2) is 0 Å².